The normalized spacial score (nSPS) is 16.7. The smallest absolute Gasteiger partial charge is 0.314 e. The van der Waals surface area contributed by atoms with E-state index < -0.39 is 11.4 Å². The number of hydrogen-bond donors (Lipinski definition) is 3. The molecule has 186 valence electrons. The summed E-state index contributed by atoms with van der Waals surface area (Å²) in [6, 6.07) is 5.79. The van der Waals surface area contributed by atoms with Gasteiger partial charge in [-0.1, -0.05) is 25.5 Å². The Morgan fingerprint density at radius 3 is 2.65 bits per heavy atom. The molecule has 0 bridgehead atoms. The van der Waals surface area contributed by atoms with Crippen molar-refractivity contribution in [1.82, 2.24) is 14.9 Å². The number of ether oxygens (including phenoxy) is 1. The Morgan fingerprint density at radius 2 is 2.03 bits per heavy atom. The molecule has 1 aliphatic rings. The average molecular weight is 470 g/mol. The lowest BCUT2D eigenvalue weighted by atomic mass is 9.67. The van der Waals surface area contributed by atoms with Gasteiger partial charge in [-0.25, -0.2) is 4.98 Å². The zero-order valence-electron chi connectivity index (χ0n) is 21.1. The van der Waals surface area contributed by atoms with E-state index in [4.69, 9.17) is 10.5 Å². The van der Waals surface area contributed by atoms with Crippen LogP contribution in [0.15, 0.2) is 18.2 Å². The number of carboxylic acid groups (broad SMARTS) is 1. The Kier molecular flexibility index (Phi) is 8.36. The van der Waals surface area contributed by atoms with Crippen LogP contribution in [0.2, 0.25) is 0 Å². The molecule has 1 atom stereocenters. The van der Waals surface area contributed by atoms with Crippen molar-refractivity contribution in [1.29, 1.82) is 0 Å². The molecule has 2 heterocycles. The van der Waals surface area contributed by atoms with Gasteiger partial charge < -0.3 is 25.8 Å². The number of methoxy groups -OCH3 is 1. The highest BCUT2D eigenvalue weighted by Crippen LogP contribution is 2.40. The van der Waals surface area contributed by atoms with Crippen molar-refractivity contribution in [3.63, 3.8) is 0 Å². The number of nitrogens with two attached hydrogens (primary N) is 1. The Balaban J connectivity index is 2.01. The zero-order valence-corrected chi connectivity index (χ0v) is 21.1. The summed E-state index contributed by atoms with van der Waals surface area (Å²) in [6.07, 6.45) is 4.33. The van der Waals surface area contributed by atoms with Gasteiger partial charge in [0.1, 0.15) is 11.6 Å². The lowest BCUT2D eigenvalue weighted by Crippen LogP contribution is -2.45. The minimum absolute atomic E-state index is 0.0651. The molecule has 1 aliphatic heterocycles. The number of carboxylic acids is 1. The third kappa shape index (κ3) is 5.43. The van der Waals surface area contributed by atoms with E-state index in [0.717, 1.165) is 79.3 Å². The number of rotatable bonds is 10. The van der Waals surface area contributed by atoms with E-state index in [1.807, 2.05) is 32.0 Å². The predicted molar refractivity (Wildman–Crippen MR) is 136 cm³/mol. The van der Waals surface area contributed by atoms with Gasteiger partial charge in [-0.15, -0.1) is 0 Å². The number of carbonyl (C=O) groups is 1. The number of aromatic nitrogens is 2. The Morgan fingerprint density at radius 1 is 1.32 bits per heavy atom. The van der Waals surface area contributed by atoms with Gasteiger partial charge in [-0.3, -0.25) is 4.79 Å². The largest absolute Gasteiger partial charge is 0.496 e. The third-order valence-corrected chi connectivity index (χ3v) is 7.28. The van der Waals surface area contributed by atoms with E-state index in [1.165, 1.54) is 0 Å². The molecule has 1 unspecified atom stereocenters. The first kappa shape index (κ1) is 25.7. The summed E-state index contributed by atoms with van der Waals surface area (Å²) in [5.74, 6) is 0.960. The van der Waals surface area contributed by atoms with Gasteiger partial charge in [0.25, 0.3) is 0 Å². The standard InChI is InChI=1S/C26H39N5O3/c1-6-7-12-28-23-21(17(2)29-25(27)30-23)16-18-15-20(8-9-22(18)34-5)26(3,24(32)33)19-10-13-31(4)14-11-19/h8-9,15,19H,6-7,10-14,16H2,1-5H3,(H,32,33)(H3,27,28,29,30). The first-order valence-corrected chi connectivity index (χ1v) is 12.2. The molecule has 0 radical (unpaired) electrons. The average Bonchev–Trinajstić information content (AvgIpc) is 2.81. The minimum atomic E-state index is -0.975. The van der Waals surface area contributed by atoms with Crippen molar-refractivity contribution in [2.45, 2.75) is 58.3 Å². The summed E-state index contributed by atoms with van der Waals surface area (Å²) in [7, 11) is 3.72. The SMILES string of the molecule is CCCCNc1nc(N)nc(C)c1Cc1cc(C(C)(C(=O)O)C2CCN(C)CC2)ccc1OC. The molecule has 0 aliphatic carbocycles. The first-order valence-electron chi connectivity index (χ1n) is 12.2. The van der Waals surface area contributed by atoms with Crippen molar-refractivity contribution in [2.24, 2.45) is 5.92 Å². The molecule has 34 heavy (non-hydrogen) atoms. The van der Waals surface area contributed by atoms with Crippen LogP contribution in [0, 0.1) is 12.8 Å². The van der Waals surface area contributed by atoms with Gasteiger partial charge >= 0.3 is 5.97 Å². The van der Waals surface area contributed by atoms with E-state index in [0.29, 0.717) is 6.42 Å². The number of unbranched alkanes of at least 4 members (excludes halogenated alkanes) is 1. The summed E-state index contributed by atoms with van der Waals surface area (Å²) >= 11 is 0. The lowest BCUT2D eigenvalue weighted by Gasteiger charge is -2.39. The van der Waals surface area contributed by atoms with Gasteiger partial charge in [0.05, 0.1) is 12.5 Å². The molecule has 8 nitrogen and oxygen atoms in total. The summed E-state index contributed by atoms with van der Waals surface area (Å²) in [5.41, 5.74) is 8.42. The Bertz CT molecular complexity index is 1000. The van der Waals surface area contributed by atoms with Crippen LogP contribution < -0.4 is 15.8 Å². The molecule has 1 fully saturated rings. The van der Waals surface area contributed by atoms with Crippen LogP contribution in [-0.4, -0.2) is 59.7 Å². The van der Waals surface area contributed by atoms with Crippen LogP contribution in [0.1, 0.15) is 61.9 Å². The Labute approximate surface area is 202 Å². The van der Waals surface area contributed by atoms with Crippen molar-refractivity contribution in [2.75, 3.05) is 44.8 Å². The number of nitrogen functional groups attached to an aromatic ring is 1. The first-order chi connectivity index (χ1) is 16.2. The molecule has 2 aromatic rings. The van der Waals surface area contributed by atoms with Gasteiger partial charge in [0, 0.05) is 24.2 Å². The number of anilines is 2. The van der Waals surface area contributed by atoms with Gasteiger partial charge in [0.2, 0.25) is 5.95 Å². The molecule has 1 aromatic heterocycles. The molecule has 3 rings (SSSR count). The van der Waals surface area contributed by atoms with Crippen molar-refractivity contribution < 1.29 is 14.6 Å². The van der Waals surface area contributed by atoms with Crippen LogP contribution >= 0.6 is 0 Å². The highest BCUT2D eigenvalue weighted by atomic mass is 16.5. The lowest BCUT2D eigenvalue weighted by molar-refractivity contribution is -0.146. The van der Waals surface area contributed by atoms with Crippen LogP contribution in [0.3, 0.4) is 0 Å². The summed E-state index contributed by atoms with van der Waals surface area (Å²) in [6.45, 7) is 8.55. The predicted octanol–water partition coefficient (Wildman–Crippen LogP) is 3.86. The molecular formula is C26H39N5O3. The quantitative estimate of drug-likeness (QED) is 0.450. The fraction of sp³-hybridized carbons (Fsp3) is 0.577. The molecule has 0 spiro atoms. The topological polar surface area (TPSA) is 114 Å². The van der Waals surface area contributed by atoms with E-state index in [1.54, 1.807) is 7.11 Å². The van der Waals surface area contributed by atoms with E-state index in [2.05, 4.69) is 34.2 Å². The van der Waals surface area contributed by atoms with E-state index in [-0.39, 0.29) is 11.9 Å². The molecule has 1 saturated heterocycles. The second-order valence-electron chi connectivity index (χ2n) is 9.56. The second-order valence-corrected chi connectivity index (χ2v) is 9.56. The minimum Gasteiger partial charge on any atom is -0.496 e. The number of aryl methyl sites for hydroxylation is 1. The number of nitrogens with one attached hydrogen (secondary N) is 1. The number of aliphatic carboxylic acids is 1. The molecule has 0 saturated carbocycles. The number of hydrogen-bond acceptors (Lipinski definition) is 7. The van der Waals surface area contributed by atoms with Crippen LogP contribution in [0.5, 0.6) is 5.75 Å². The van der Waals surface area contributed by atoms with Crippen molar-refractivity contribution >= 4 is 17.7 Å². The number of piperidine rings is 1. The van der Waals surface area contributed by atoms with Gasteiger partial charge in [-0.05, 0) is 76.4 Å². The monoisotopic (exact) mass is 469 g/mol. The fourth-order valence-electron chi connectivity index (χ4n) is 4.91. The van der Waals surface area contributed by atoms with E-state index >= 15 is 0 Å². The third-order valence-electron chi connectivity index (χ3n) is 7.28. The molecule has 1 aromatic carbocycles. The maximum atomic E-state index is 12.6. The highest BCUT2D eigenvalue weighted by molar-refractivity contribution is 5.81. The molecule has 4 N–H and O–H groups in total. The van der Waals surface area contributed by atoms with Crippen LogP contribution in [-0.2, 0) is 16.6 Å². The number of nitrogens with zero attached hydrogens (tertiary/aromatic N) is 3. The molecule has 0 amide bonds. The summed E-state index contributed by atoms with van der Waals surface area (Å²) in [5, 5.41) is 13.8. The van der Waals surface area contributed by atoms with Gasteiger partial charge in [0.15, 0.2) is 0 Å². The fourth-order valence-corrected chi connectivity index (χ4v) is 4.91. The van der Waals surface area contributed by atoms with Crippen molar-refractivity contribution in [3.05, 3.63) is 40.6 Å². The molecule has 8 heteroatoms. The second kappa shape index (κ2) is 11.0. The van der Waals surface area contributed by atoms with Crippen LogP contribution in [0.4, 0.5) is 11.8 Å². The number of benzene rings is 1. The maximum absolute atomic E-state index is 12.6. The summed E-state index contributed by atoms with van der Waals surface area (Å²) < 4.78 is 5.67. The Hall–Kier alpha value is -2.87. The van der Waals surface area contributed by atoms with Crippen LogP contribution in [0.25, 0.3) is 0 Å². The maximum Gasteiger partial charge on any atom is 0.314 e. The highest BCUT2D eigenvalue weighted by Gasteiger charge is 2.44. The zero-order chi connectivity index (χ0) is 24.9. The van der Waals surface area contributed by atoms with Gasteiger partial charge in [-0.2, -0.15) is 4.98 Å². The molecular weight excluding hydrogens is 430 g/mol. The van der Waals surface area contributed by atoms with E-state index in [9.17, 15) is 9.90 Å². The van der Waals surface area contributed by atoms with Crippen molar-refractivity contribution in [3.8, 4) is 5.75 Å². The summed E-state index contributed by atoms with van der Waals surface area (Å²) in [4.78, 5) is 23.7. The number of likely N-dealkylation sites (tertiary alicyclic amines) is 1.